The number of aromatic nitrogens is 2. The van der Waals surface area contributed by atoms with E-state index in [1.54, 1.807) is 0 Å². The molecule has 0 atom stereocenters. The highest BCUT2D eigenvalue weighted by atomic mass is 16.5. The minimum Gasteiger partial charge on any atom is -0.378 e. The van der Waals surface area contributed by atoms with E-state index in [1.807, 2.05) is 31.2 Å². The molecule has 0 radical (unpaired) electrons. The molecule has 1 aromatic carbocycles. The second kappa shape index (κ2) is 6.83. The van der Waals surface area contributed by atoms with E-state index in [0.29, 0.717) is 30.8 Å². The number of hydrogen-bond acceptors (Lipinski definition) is 5. The Morgan fingerprint density at radius 3 is 2.90 bits per heavy atom. The summed E-state index contributed by atoms with van der Waals surface area (Å²) in [5, 5.41) is 7.39. The van der Waals surface area contributed by atoms with Crippen LogP contribution >= 0.6 is 0 Å². The molecule has 1 saturated heterocycles. The number of nitrogens with one attached hydrogen (secondary N) is 1. The van der Waals surface area contributed by atoms with Crippen LogP contribution in [0.3, 0.4) is 0 Å². The highest BCUT2D eigenvalue weighted by Gasteiger charge is 2.14. The maximum absolute atomic E-state index is 5.86. The molecule has 2 aromatic rings. The van der Waals surface area contributed by atoms with Crippen LogP contribution in [-0.4, -0.2) is 35.9 Å². The van der Waals surface area contributed by atoms with Gasteiger partial charge in [0.15, 0.2) is 0 Å². The van der Waals surface area contributed by atoms with Crippen LogP contribution in [-0.2, 0) is 11.2 Å². The molecule has 0 saturated carbocycles. The van der Waals surface area contributed by atoms with E-state index < -0.39 is 0 Å². The van der Waals surface area contributed by atoms with Gasteiger partial charge in [-0.05, 0) is 38.4 Å². The number of rotatable bonds is 5. The summed E-state index contributed by atoms with van der Waals surface area (Å²) in [5.74, 6) is 1.30. The average Bonchev–Trinajstić information content (AvgIpc) is 2.97. The van der Waals surface area contributed by atoms with Crippen molar-refractivity contribution in [1.82, 2.24) is 15.5 Å². The number of hydrogen-bond donors (Lipinski definition) is 1. The molecule has 0 bridgehead atoms. The summed E-state index contributed by atoms with van der Waals surface area (Å²) < 4.78 is 11.2. The fraction of sp³-hybridized carbons (Fsp3) is 0.500. The molecule has 1 fully saturated rings. The van der Waals surface area contributed by atoms with Gasteiger partial charge in [0.2, 0.25) is 11.7 Å². The molecule has 2 heterocycles. The Labute approximate surface area is 124 Å². The first kappa shape index (κ1) is 14.2. The van der Waals surface area contributed by atoms with Crippen LogP contribution < -0.4 is 5.32 Å². The van der Waals surface area contributed by atoms with E-state index in [9.17, 15) is 0 Å². The van der Waals surface area contributed by atoms with E-state index in [4.69, 9.17) is 9.26 Å². The molecule has 5 nitrogen and oxygen atoms in total. The summed E-state index contributed by atoms with van der Waals surface area (Å²) in [7, 11) is 0. The lowest BCUT2D eigenvalue weighted by Gasteiger charge is -2.22. The van der Waals surface area contributed by atoms with Gasteiger partial charge in [-0.1, -0.05) is 29.4 Å². The molecular weight excluding hydrogens is 266 g/mol. The zero-order chi connectivity index (χ0) is 14.5. The largest absolute Gasteiger partial charge is 0.378 e. The first-order valence-corrected chi connectivity index (χ1v) is 7.54. The van der Waals surface area contributed by atoms with Gasteiger partial charge in [-0.2, -0.15) is 4.98 Å². The SMILES string of the molecule is Cc1ccccc1-c1noc(CCOC2CCNCC2)n1. The highest BCUT2D eigenvalue weighted by Crippen LogP contribution is 2.20. The Kier molecular flexibility index (Phi) is 4.62. The van der Waals surface area contributed by atoms with Crippen LogP contribution in [0.25, 0.3) is 11.4 Å². The molecule has 1 aliphatic rings. The zero-order valence-corrected chi connectivity index (χ0v) is 12.3. The number of ether oxygens (including phenoxy) is 1. The van der Waals surface area contributed by atoms with Gasteiger partial charge in [0.25, 0.3) is 0 Å². The van der Waals surface area contributed by atoms with Crippen LogP contribution in [0.4, 0.5) is 0 Å². The monoisotopic (exact) mass is 287 g/mol. The summed E-state index contributed by atoms with van der Waals surface area (Å²) in [5.41, 5.74) is 2.17. The summed E-state index contributed by atoms with van der Waals surface area (Å²) >= 11 is 0. The lowest BCUT2D eigenvalue weighted by molar-refractivity contribution is 0.0322. The van der Waals surface area contributed by atoms with E-state index in [-0.39, 0.29) is 0 Å². The highest BCUT2D eigenvalue weighted by molar-refractivity contribution is 5.58. The first-order chi connectivity index (χ1) is 10.3. The second-order valence-electron chi connectivity index (χ2n) is 5.40. The first-order valence-electron chi connectivity index (χ1n) is 7.54. The second-order valence-corrected chi connectivity index (χ2v) is 5.40. The van der Waals surface area contributed by atoms with Crippen molar-refractivity contribution in [2.24, 2.45) is 0 Å². The van der Waals surface area contributed by atoms with Crippen molar-refractivity contribution in [1.29, 1.82) is 0 Å². The van der Waals surface area contributed by atoms with Gasteiger partial charge in [-0.3, -0.25) is 0 Å². The smallest absolute Gasteiger partial charge is 0.229 e. The quantitative estimate of drug-likeness (QED) is 0.914. The third-order valence-corrected chi connectivity index (χ3v) is 3.81. The Bertz CT molecular complexity index is 576. The number of nitrogens with zero attached hydrogens (tertiary/aromatic N) is 2. The van der Waals surface area contributed by atoms with Gasteiger partial charge >= 0.3 is 0 Å². The molecule has 0 spiro atoms. The maximum atomic E-state index is 5.86. The molecular formula is C16H21N3O2. The predicted octanol–water partition coefficient (Wildman–Crippen LogP) is 2.36. The molecule has 0 aliphatic carbocycles. The Morgan fingerprint density at radius 2 is 2.10 bits per heavy atom. The van der Waals surface area contributed by atoms with Crippen molar-refractivity contribution in [2.45, 2.75) is 32.3 Å². The molecule has 21 heavy (non-hydrogen) atoms. The Balaban J connectivity index is 1.54. The zero-order valence-electron chi connectivity index (χ0n) is 12.3. The normalized spacial score (nSPS) is 16.2. The number of aryl methyl sites for hydroxylation is 1. The van der Waals surface area contributed by atoms with Gasteiger partial charge in [-0.25, -0.2) is 0 Å². The van der Waals surface area contributed by atoms with E-state index in [1.165, 1.54) is 0 Å². The van der Waals surface area contributed by atoms with E-state index in [0.717, 1.165) is 37.1 Å². The molecule has 1 aromatic heterocycles. The lowest BCUT2D eigenvalue weighted by Crippen LogP contribution is -2.32. The molecule has 0 amide bonds. The van der Waals surface area contributed by atoms with Crippen LogP contribution in [0.1, 0.15) is 24.3 Å². The molecule has 112 valence electrons. The maximum Gasteiger partial charge on any atom is 0.229 e. The number of benzene rings is 1. The van der Waals surface area contributed by atoms with Gasteiger partial charge in [0.1, 0.15) is 0 Å². The molecule has 1 N–H and O–H groups in total. The van der Waals surface area contributed by atoms with Crippen molar-refractivity contribution in [3.63, 3.8) is 0 Å². The van der Waals surface area contributed by atoms with Crippen molar-refractivity contribution in [2.75, 3.05) is 19.7 Å². The summed E-state index contributed by atoms with van der Waals surface area (Å²) in [6.07, 6.45) is 3.20. The van der Waals surface area contributed by atoms with Crippen LogP contribution in [0.2, 0.25) is 0 Å². The van der Waals surface area contributed by atoms with Crippen LogP contribution in [0.15, 0.2) is 28.8 Å². The third kappa shape index (κ3) is 3.68. The summed E-state index contributed by atoms with van der Waals surface area (Å²) in [4.78, 5) is 4.45. The molecule has 5 heteroatoms. The topological polar surface area (TPSA) is 60.2 Å². The fourth-order valence-corrected chi connectivity index (χ4v) is 2.56. The van der Waals surface area contributed by atoms with Gasteiger partial charge in [0, 0.05) is 5.56 Å². The minimum atomic E-state index is 0.366. The standard InChI is InChI=1S/C16H21N3O2/c1-12-4-2-3-5-14(12)16-18-15(21-19-16)8-11-20-13-6-9-17-10-7-13/h2-5,13,17H,6-11H2,1H3. The van der Waals surface area contributed by atoms with Crippen LogP contribution in [0, 0.1) is 6.92 Å². The average molecular weight is 287 g/mol. The Hall–Kier alpha value is -1.72. The van der Waals surface area contributed by atoms with Gasteiger partial charge < -0.3 is 14.6 Å². The molecule has 1 aliphatic heterocycles. The van der Waals surface area contributed by atoms with Crippen molar-refractivity contribution in [3.8, 4) is 11.4 Å². The van der Waals surface area contributed by atoms with E-state index >= 15 is 0 Å². The molecule has 0 unspecified atom stereocenters. The van der Waals surface area contributed by atoms with Crippen molar-refractivity contribution < 1.29 is 9.26 Å². The van der Waals surface area contributed by atoms with Crippen molar-refractivity contribution >= 4 is 0 Å². The lowest BCUT2D eigenvalue weighted by atomic mass is 10.1. The van der Waals surface area contributed by atoms with Gasteiger partial charge in [-0.15, -0.1) is 0 Å². The third-order valence-electron chi connectivity index (χ3n) is 3.81. The van der Waals surface area contributed by atoms with E-state index in [2.05, 4.69) is 15.5 Å². The molecule has 3 rings (SSSR count). The van der Waals surface area contributed by atoms with Gasteiger partial charge in [0.05, 0.1) is 19.1 Å². The minimum absolute atomic E-state index is 0.366. The summed E-state index contributed by atoms with van der Waals surface area (Å²) in [6.45, 7) is 4.77. The fourth-order valence-electron chi connectivity index (χ4n) is 2.56. The van der Waals surface area contributed by atoms with Crippen LogP contribution in [0.5, 0.6) is 0 Å². The Morgan fingerprint density at radius 1 is 1.29 bits per heavy atom. The van der Waals surface area contributed by atoms with Crippen molar-refractivity contribution in [3.05, 3.63) is 35.7 Å². The summed E-state index contributed by atoms with van der Waals surface area (Å²) in [6, 6.07) is 8.05. The number of piperidine rings is 1. The predicted molar refractivity (Wildman–Crippen MR) is 80.0 cm³/mol.